The maximum Gasteiger partial charge on any atom is 0.0396 e. The quantitative estimate of drug-likeness (QED) is 0.446. The van der Waals surface area contributed by atoms with E-state index in [0.29, 0.717) is 0 Å². The third-order valence-corrected chi connectivity index (χ3v) is 5.43. The first-order chi connectivity index (χ1) is 11.7. The van der Waals surface area contributed by atoms with Crippen LogP contribution in [0.5, 0.6) is 0 Å². The third kappa shape index (κ3) is 6.21. The number of aryl methyl sites for hydroxylation is 1. The molecule has 0 spiro atoms. The van der Waals surface area contributed by atoms with E-state index in [2.05, 4.69) is 85.3 Å². The average Bonchev–Trinajstić information content (AvgIpc) is 2.62. The second-order valence-electron chi connectivity index (χ2n) is 6.18. The van der Waals surface area contributed by atoms with Crippen molar-refractivity contribution in [1.29, 1.82) is 0 Å². The van der Waals surface area contributed by atoms with Crippen LogP contribution < -0.4 is 4.90 Å². The van der Waals surface area contributed by atoms with Gasteiger partial charge in [0.2, 0.25) is 0 Å². The highest BCUT2D eigenvalue weighted by Crippen LogP contribution is 2.22. The van der Waals surface area contributed by atoms with Gasteiger partial charge in [0.05, 0.1) is 0 Å². The van der Waals surface area contributed by atoms with Crippen molar-refractivity contribution in [1.82, 2.24) is 4.90 Å². The van der Waals surface area contributed by atoms with Gasteiger partial charge in [-0.05, 0) is 56.5 Å². The molecule has 2 aromatic rings. The zero-order valence-corrected chi connectivity index (χ0v) is 16.1. The molecule has 0 heterocycles. The molecule has 24 heavy (non-hydrogen) atoms. The molecule has 0 fully saturated rings. The summed E-state index contributed by atoms with van der Waals surface area (Å²) in [6, 6.07) is 19.4. The lowest BCUT2D eigenvalue weighted by atomic mass is 10.1. The van der Waals surface area contributed by atoms with Crippen LogP contribution in [0.2, 0.25) is 0 Å². The summed E-state index contributed by atoms with van der Waals surface area (Å²) in [5.74, 6) is 1.16. The van der Waals surface area contributed by atoms with E-state index in [4.69, 9.17) is 0 Å². The summed E-state index contributed by atoms with van der Waals surface area (Å²) in [6.07, 6.45) is 1.20. The monoisotopic (exact) mass is 342 g/mol. The number of likely N-dealkylation sites (N-methyl/N-ethyl adjacent to an activating group) is 1. The van der Waals surface area contributed by atoms with Crippen LogP contribution in [0, 0.1) is 6.92 Å². The van der Waals surface area contributed by atoms with Gasteiger partial charge in [-0.2, -0.15) is 0 Å². The smallest absolute Gasteiger partial charge is 0.0396 e. The normalized spacial score (nSPS) is 11.0. The molecule has 0 amide bonds. The van der Waals surface area contributed by atoms with E-state index in [1.807, 2.05) is 11.8 Å². The van der Waals surface area contributed by atoms with Gasteiger partial charge in [0, 0.05) is 30.2 Å². The number of thioether (sulfide) groups is 1. The molecule has 0 aliphatic carbocycles. The molecule has 2 aromatic carbocycles. The van der Waals surface area contributed by atoms with Crippen molar-refractivity contribution >= 4 is 17.4 Å². The molecule has 0 unspecified atom stereocenters. The largest absolute Gasteiger partial charge is 0.370 e. The molecule has 0 aliphatic rings. The lowest BCUT2D eigenvalue weighted by Crippen LogP contribution is -2.34. The van der Waals surface area contributed by atoms with Gasteiger partial charge in [0.25, 0.3) is 0 Å². The number of rotatable bonds is 10. The zero-order chi connectivity index (χ0) is 17.2. The summed E-state index contributed by atoms with van der Waals surface area (Å²) in [4.78, 5) is 6.29. The van der Waals surface area contributed by atoms with E-state index in [-0.39, 0.29) is 0 Å². The number of para-hydroxylation sites is 1. The van der Waals surface area contributed by atoms with Crippen molar-refractivity contribution in [3.63, 3.8) is 0 Å². The van der Waals surface area contributed by atoms with E-state index >= 15 is 0 Å². The van der Waals surface area contributed by atoms with Crippen molar-refractivity contribution in [3.8, 4) is 0 Å². The zero-order valence-electron chi connectivity index (χ0n) is 15.2. The first-order valence-electron chi connectivity index (χ1n) is 8.87. The Morgan fingerprint density at radius 3 is 2.29 bits per heavy atom. The number of nitrogens with zero attached hydrogens (tertiary/aromatic N) is 2. The highest BCUT2D eigenvalue weighted by atomic mass is 32.2. The molecule has 0 atom stereocenters. The van der Waals surface area contributed by atoms with Crippen LogP contribution in [0.25, 0.3) is 0 Å². The fourth-order valence-electron chi connectivity index (χ4n) is 2.68. The summed E-state index contributed by atoms with van der Waals surface area (Å²) in [5.41, 5.74) is 2.75. The van der Waals surface area contributed by atoms with Crippen LogP contribution in [0.15, 0.2) is 59.5 Å². The maximum atomic E-state index is 2.55. The molecule has 2 nitrogen and oxygen atoms in total. The van der Waals surface area contributed by atoms with Crippen molar-refractivity contribution < 1.29 is 0 Å². The molecule has 0 N–H and O–H groups in total. The Labute approximate surface area is 151 Å². The molecule has 0 bridgehead atoms. The lowest BCUT2D eigenvalue weighted by Gasteiger charge is -2.28. The number of anilines is 1. The van der Waals surface area contributed by atoms with Crippen LogP contribution >= 0.6 is 11.8 Å². The minimum atomic E-state index is 1.09. The first-order valence-corrected chi connectivity index (χ1v) is 9.86. The van der Waals surface area contributed by atoms with Crippen molar-refractivity contribution in [2.75, 3.05) is 43.9 Å². The fraction of sp³-hybridized carbons (Fsp3) is 0.429. The van der Waals surface area contributed by atoms with E-state index in [1.54, 1.807) is 0 Å². The summed E-state index contributed by atoms with van der Waals surface area (Å²) in [7, 11) is 2.20. The van der Waals surface area contributed by atoms with Gasteiger partial charge < -0.3 is 9.80 Å². The maximum absolute atomic E-state index is 2.55. The van der Waals surface area contributed by atoms with Crippen LogP contribution in [-0.4, -0.2) is 43.9 Å². The topological polar surface area (TPSA) is 6.48 Å². The van der Waals surface area contributed by atoms with Gasteiger partial charge in [0.15, 0.2) is 0 Å². The standard InChI is InChI=1S/C21H30N2S/c1-4-22(3)16-17-23(21-14-9-8-11-19(21)2)15-10-18-24-20-12-6-5-7-13-20/h5-9,11-14H,4,10,15-18H2,1-3H3. The molecule has 130 valence electrons. The van der Waals surface area contributed by atoms with Crippen molar-refractivity contribution in [2.45, 2.75) is 25.2 Å². The Hall–Kier alpha value is -1.45. The Balaban J connectivity index is 1.89. The fourth-order valence-corrected chi connectivity index (χ4v) is 3.54. The van der Waals surface area contributed by atoms with Crippen LogP contribution in [0.1, 0.15) is 18.9 Å². The number of hydrogen-bond donors (Lipinski definition) is 0. The number of benzene rings is 2. The van der Waals surface area contributed by atoms with E-state index < -0.39 is 0 Å². The molecule has 0 saturated heterocycles. The Morgan fingerprint density at radius 1 is 0.875 bits per heavy atom. The van der Waals surface area contributed by atoms with Crippen molar-refractivity contribution in [2.24, 2.45) is 0 Å². The summed E-state index contributed by atoms with van der Waals surface area (Å²) < 4.78 is 0. The summed E-state index contributed by atoms with van der Waals surface area (Å²) in [5, 5.41) is 0. The molecular weight excluding hydrogens is 312 g/mol. The average molecular weight is 343 g/mol. The number of hydrogen-bond acceptors (Lipinski definition) is 3. The SMILES string of the molecule is CCN(C)CCN(CCCSc1ccccc1)c1ccccc1C. The Bertz CT molecular complexity index is 585. The van der Waals surface area contributed by atoms with Gasteiger partial charge in [-0.3, -0.25) is 0 Å². The van der Waals surface area contributed by atoms with Gasteiger partial charge in [0.1, 0.15) is 0 Å². The summed E-state index contributed by atoms with van der Waals surface area (Å²) in [6.45, 7) is 8.84. The predicted octanol–water partition coefficient (Wildman–Crippen LogP) is 4.94. The Kier molecular flexibility index (Phi) is 8.20. The highest BCUT2D eigenvalue weighted by molar-refractivity contribution is 7.99. The highest BCUT2D eigenvalue weighted by Gasteiger charge is 2.09. The molecule has 0 aliphatic heterocycles. The first kappa shape index (κ1) is 18.9. The van der Waals surface area contributed by atoms with Crippen LogP contribution in [0.4, 0.5) is 5.69 Å². The molecule has 0 saturated carbocycles. The second-order valence-corrected chi connectivity index (χ2v) is 7.35. The van der Waals surface area contributed by atoms with E-state index in [0.717, 1.165) is 31.9 Å². The minimum absolute atomic E-state index is 1.09. The molecule has 0 aromatic heterocycles. The van der Waals surface area contributed by atoms with Gasteiger partial charge in [-0.1, -0.05) is 43.3 Å². The van der Waals surface area contributed by atoms with Gasteiger partial charge in [-0.15, -0.1) is 11.8 Å². The van der Waals surface area contributed by atoms with Crippen LogP contribution in [-0.2, 0) is 0 Å². The van der Waals surface area contributed by atoms with E-state index in [9.17, 15) is 0 Å². The van der Waals surface area contributed by atoms with E-state index in [1.165, 1.54) is 22.6 Å². The predicted molar refractivity (Wildman–Crippen MR) is 108 cm³/mol. The Morgan fingerprint density at radius 2 is 1.58 bits per heavy atom. The van der Waals surface area contributed by atoms with Crippen molar-refractivity contribution in [3.05, 3.63) is 60.2 Å². The third-order valence-electron chi connectivity index (χ3n) is 4.33. The minimum Gasteiger partial charge on any atom is -0.370 e. The van der Waals surface area contributed by atoms with Crippen LogP contribution in [0.3, 0.4) is 0 Å². The van der Waals surface area contributed by atoms with Gasteiger partial charge >= 0.3 is 0 Å². The second kappa shape index (κ2) is 10.4. The molecule has 0 radical (unpaired) electrons. The van der Waals surface area contributed by atoms with Gasteiger partial charge in [-0.25, -0.2) is 0 Å². The summed E-state index contributed by atoms with van der Waals surface area (Å²) >= 11 is 1.95. The molecular formula is C21H30N2S. The molecule has 3 heteroatoms. The lowest BCUT2D eigenvalue weighted by molar-refractivity contribution is 0.358. The molecule has 2 rings (SSSR count).